The Bertz CT molecular complexity index is 1540. The van der Waals surface area contributed by atoms with Gasteiger partial charge in [-0.05, 0) is 61.2 Å². The van der Waals surface area contributed by atoms with Crippen LogP contribution in [0.1, 0.15) is 11.3 Å². The predicted molar refractivity (Wildman–Crippen MR) is 117 cm³/mol. The van der Waals surface area contributed by atoms with Crippen LogP contribution in [0.3, 0.4) is 0 Å². The summed E-state index contributed by atoms with van der Waals surface area (Å²) in [4.78, 5) is 3.96. The van der Waals surface area contributed by atoms with Gasteiger partial charge in [-0.2, -0.15) is 0 Å². The maximum absolute atomic E-state index is 13.6. The second-order valence-electron chi connectivity index (χ2n) is 7.04. The minimum absolute atomic E-state index is 0.0139. The van der Waals surface area contributed by atoms with E-state index in [0.717, 1.165) is 17.6 Å². The van der Waals surface area contributed by atoms with Crippen molar-refractivity contribution < 1.29 is 25.6 Å². The molecule has 0 aliphatic rings. The molecule has 31 heavy (non-hydrogen) atoms. The Morgan fingerprint density at radius 2 is 1.81 bits per heavy atom. The largest absolute Gasteiger partial charge is 0.444 e. The lowest BCUT2D eigenvalue weighted by atomic mass is 10.2. The minimum atomic E-state index is -4.13. The molecule has 0 fully saturated rings. The number of sulfone groups is 1. The standard InChI is InChI=1S/C20H17FN2O5S3/c1-11-10-28-19(22-11)13-4-6-16(18(8-13)30(3,24)25)23-31(26,27)20-12(2)15-9-14(21)5-7-17(15)29-20/h4-10,23H,1-3H3. The Morgan fingerprint density at radius 3 is 2.45 bits per heavy atom. The Morgan fingerprint density at radius 1 is 1.06 bits per heavy atom. The third-order valence-electron chi connectivity index (χ3n) is 4.59. The van der Waals surface area contributed by atoms with E-state index in [2.05, 4.69) is 9.71 Å². The molecule has 0 unspecified atom stereocenters. The quantitative estimate of drug-likeness (QED) is 0.450. The third-order valence-corrected chi connectivity index (χ3v) is 8.99. The number of rotatable bonds is 5. The fourth-order valence-electron chi connectivity index (χ4n) is 3.15. The van der Waals surface area contributed by atoms with Crippen LogP contribution in [-0.4, -0.2) is 28.1 Å². The van der Waals surface area contributed by atoms with Crippen molar-refractivity contribution in [3.63, 3.8) is 0 Å². The molecule has 2 heterocycles. The maximum atomic E-state index is 13.6. The Labute approximate surface area is 182 Å². The van der Waals surface area contributed by atoms with E-state index in [1.165, 1.54) is 42.7 Å². The van der Waals surface area contributed by atoms with Crippen molar-refractivity contribution in [1.29, 1.82) is 0 Å². The Balaban J connectivity index is 1.80. The fraction of sp³-hybridized carbons (Fsp3) is 0.150. The van der Waals surface area contributed by atoms with E-state index >= 15 is 0 Å². The van der Waals surface area contributed by atoms with Crippen LogP contribution in [0, 0.1) is 19.7 Å². The third kappa shape index (κ3) is 4.08. The molecule has 4 aromatic rings. The molecular formula is C20H17FN2O5S3. The molecule has 0 bridgehead atoms. The van der Waals surface area contributed by atoms with E-state index in [1.807, 2.05) is 0 Å². The fourth-order valence-corrected chi connectivity index (χ4v) is 6.90. The second-order valence-corrected chi connectivity index (χ2v) is 12.0. The van der Waals surface area contributed by atoms with E-state index in [9.17, 15) is 21.2 Å². The van der Waals surface area contributed by atoms with Crippen molar-refractivity contribution >= 4 is 47.0 Å². The van der Waals surface area contributed by atoms with E-state index < -0.39 is 25.7 Å². The van der Waals surface area contributed by atoms with Crippen molar-refractivity contribution in [2.75, 3.05) is 11.0 Å². The molecular weight excluding hydrogens is 463 g/mol. The molecule has 162 valence electrons. The molecule has 0 spiro atoms. The molecule has 0 atom stereocenters. The number of thiophene rings is 1. The number of benzene rings is 2. The van der Waals surface area contributed by atoms with Gasteiger partial charge in [0.05, 0.1) is 16.3 Å². The summed E-state index contributed by atoms with van der Waals surface area (Å²) >= 11 is 0.983. The molecule has 7 nitrogen and oxygen atoms in total. The Hall–Kier alpha value is -2.76. The predicted octanol–water partition coefficient (Wildman–Crippen LogP) is 4.52. The highest BCUT2D eigenvalue weighted by molar-refractivity contribution is 7.95. The zero-order valence-corrected chi connectivity index (χ0v) is 19.1. The van der Waals surface area contributed by atoms with E-state index in [1.54, 1.807) is 13.8 Å². The smallest absolute Gasteiger partial charge is 0.271 e. The van der Waals surface area contributed by atoms with Gasteiger partial charge in [0.15, 0.2) is 9.84 Å². The molecule has 2 aromatic carbocycles. The van der Waals surface area contributed by atoms with Gasteiger partial charge in [-0.3, -0.25) is 4.72 Å². The first kappa shape index (κ1) is 21.5. The maximum Gasteiger partial charge on any atom is 0.271 e. The number of aromatic nitrogens is 1. The normalized spacial score (nSPS) is 12.4. The molecule has 0 saturated carbocycles. The lowest BCUT2D eigenvalue weighted by Gasteiger charge is -2.12. The van der Waals surface area contributed by atoms with Crippen molar-refractivity contribution in [3.05, 3.63) is 59.7 Å². The second kappa shape index (κ2) is 7.43. The van der Waals surface area contributed by atoms with Gasteiger partial charge in [0.25, 0.3) is 10.0 Å². The average molecular weight is 481 g/mol. The topological polar surface area (TPSA) is 106 Å². The van der Waals surface area contributed by atoms with Crippen molar-refractivity contribution in [2.45, 2.75) is 23.0 Å². The highest BCUT2D eigenvalue weighted by Crippen LogP contribution is 2.36. The van der Waals surface area contributed by atoms with Gasteiger partial charge < -0.3 is 4.42 Å². The SMILES string of the molecule is Cc1coc(-c2ccc(NS(=O)(=O)c3sc4ccc(F)cc4c3C)c(S(C)(=O)=O)c2)n1. The number of fused-ring (bicyclic) bond motifs is 1. The molecule has 0 saturated heterocycles. The number of nitrogens with zero attached hydrogens (tertiary/aromatic N) is 1. The number of nitrogens with one attached hydrogen (secondary N) is 1. The summed E-state index contributed by atoms with van der Waals surface area (Å²) in [7, 11) is -7.93. The first-order valence-electron chi connectivity index (χ1n) is 8.94. The van der Waals surface area contributed by atoms with Crippen LogP contribution in [0.25, 0.3) is 21.5 Å². The first-order chi connectivity index (χ1) is 14.5. The van der Waals surface area contributed by atoms with Gasteiger partial charge in [0.1, 0.15) is 16.3 Å². The highest BCUT2D eigenvalue weighted by atomic mass is 32.2. The van der Waals surface area contributed by atoms with E-state index in [0.29, 0.717) is 26.9 Å². The summed E-state index contributed by atoms with van der Waals surface area (Å²) < 4.78 is 72.8. The molecule has 0 amide bonds. The lowest BCUT2D eigenvalue weighted by molar-refractivity contribution is 0.573. The number of hydrogen-bond donors (Lipinski definition) is 1. The molecule has 0 aliphatic carbocycles. The van der Waals surface area contributed by atoms with Crippen LogP contribution < -0.4 is 4.72 Å². The average Bonchev–Trinajstić information content (AvgIpc) is 3.25. The van der Waals surface area contributed by atoms with Gasteiger partial charge in [-0.25, -0.2) is 26.2 Å². The molecule has 11 heteroatoms. The zero-order chi connectivity index (χ0) is 22.6. The molecule has 4 rings (SSSR count). The van der Waals surface area contributed by atoms with Crippen LogP contribution in [0.15, 0.2) is 56.2 Å². The van der Waals surface area contributed by atoms with Crippen LogP contribution in [0.5, 0.6) is 0 Å². The van der Waals surface area contributed by atoms with Crippen LogP contribution in [-0.2, 0) is 19.9 Å². The highest BCUT2D eigenvalue weighted by Gasteiger charge is 2.25. The molecule has 0 radical (unpaired) electrons. The summed E-state index contributed by atoms with van der Waals surface area (Å²) in [6.07, 6.45) is 2.41. The number of sulfonamides is 1. The van der Waals surface area contributed by atoms with Crippen LogP contribution in [0.2, 0.25) is 0 Å². The van der Waals surface area contributed by atoms with E-state index in [4.69, 9.17) is 4.42 Å². The van der Waals surface area contributed by atoms with Gasteiger partial charge >= 0.3 is 0 Å². The number of anilines is 1. The summed E-state index contributed by atoms with van der Waals surface area (Å²) in [5.41, 5.74) is 1.31. The van der Waals surface area contributed by atoms with Gasteiger partial charge in [-0.15, -0.1) is 11.3 Å². The summed E-state index contributed by atoms with van der Waals surface area (Å²) in [5.74, 6) is -0.249. The van der Waals surface area contributed by atoms with E-state index in [-0.39, 0.29) is 20.7 Å². The van der Waals surface area contributed by atoms with Crippen molar-refractivity contribution in [1.82, 2.24) is 4.98 Å². The van der Waals surface area contributed by atoms with Gasteiger partial charge in [0, 0.05) is 16.5 Å². The molecule has 1 N–H and O–H groups in total. The monoisotopic (exact) mass is 480 g/mol. The number of hydrogen-bond acceptors (Lipinski definition) is 7. The number of aryl methyl sites for hydroxylation is 2. The van der Waals surface area contributed by atoms with Crippen LogP contribution in [0.4, 0.5) is 10.1 Å². The van der Waals surface area contributed by atoms with Gasteiger partial charge in [0.2, 0.25) is 5.89 Å². The Kier molecular flexibility index (Phi) is 5.15. The summed E-state index contributed by atoms with van der Waals surface area (Å²) in [6, 6.07) is 8.22. The molecule has 2 aromatic heterocycles. The number of halogens is 1. The summed E-state index contributed by atoms with van der Waals surface area (Å²) in [5, 5.41) is 0.489. The van der Waals surface area contributed by atoms with Gasteiger partial charge in [-0.1, -0.05) is 0 Å². The van der Waals surface area contributed by atoms with Crippen molar-refractivity contribution in [2.24, 2.45) is 0 Å². The summed E-state index contributed by atoms with van der Waals surface area (Å²) in [6.45, 7) is 3.31. The minimum Gasteiger partial charge on any atom is -0.444 e. The zero-order valence-electron chi connectivity index (χ0n) is 16.6. The lowest BCUT2D eigenvalue weighted by Crippen LogP contribution is -2.15. The van der Waals surface area contributed by atoms with Crippen molar-refractivity contribution in [3.8, 4) is 11.5 Å². The number of oxazole rings is 1. The molecule has 0 aliphatic heterocycles. The first-order valence-corrected chi connectivity index (χ1v) is 13.1. The van der Waals surface area contributed by atoms with Crippen LogP contribution >= 0.6 is 11.3 Å².